The summed E-state index contributed by atoms with van der Waals surface area (Å²) in [5.74, 6) is 1.69. The van der Waals surface area contributed by atoms with Crippen LogP contribution in [0.5, 0.6) is 11.6 Å². The van der Waals surface area contributed by atoms with Crippen molar-refractivity contribution in [2.24, 2.45) is 0 Å². The van der Waals surface area contributed by atoms with Crippen LogP contribution < -0.4 is 9.64 Å². The Morgan fingerprint density at radius 3 is 2.26 bits per heavy atom. The molecule has 1 aromatic carbocycles. The number of rotatable bonds is 5. The van der Waals surface area contributed by atoms with E-state index in [0.29, 0.717) is 6.04 Å². The monoisotopic (exact) mass is 367 g/mol. The minimum absolute atomic E-state index is 0.531. The quantitative estimate of drug-likeness (QED) is 0.697. The van der Waals surface area contributed by atoms with Crippen molar-refractivity contribution in [1.82, 2.24) is 9.88 Å². The molecule has 0 amide bonds. The van der Waals surface area contributed by atoms with Gasteiger partial charge in [0.15, 0.2) is 0 Å². The van der Waals surface area contributed by atoms with Crippen LogP contribution >= 0.6 is 0 Å². The lowest BCUT2D eigenvalue weighted by Gasteiger charge is -2.41. The van der Waals surface area contributed by atoms with Crippen molar-refractivity contribution in [3.8, 4) is 11.6 Å². The highest BCUT2D eigenvalue weighted by Gasteiger charge is 2.29. The van der Waals surface area contributed by atoms with Crippen molar-refractivity contribution >= 4 is 5.69 Å². The van der Waals surface area contributed by atoms with Gasteiger partial charge in [0.05, 0.1) is 12.2 Å². The molecule has 4 heteroatoms. The second-order valence-corrected chi connectivity index (χ2v) is 7.99. The highest BCUT2D eigenvalue weighted by molar-refractivity contribution is 5.61. The predicted molar refractivity (Wildman–Crippen MR) is 113 cm³/mol. The minimum atomic E-state index is 0.531. The number of aromatic nitrogens is 1. The molecule has 0 aliphatic carbocycles. The van der Waals surface area contributed by atoms with Crippen molar-refractivity contribution in [1.29, 1.82) is 0 Å². The van der Waals surface area contributed by atoms with Gasteiger partial charge in [-0.25, -0.2) is 4.98 Å². The lowest BCUT2D eigenvalue weighted by Crippen LogP contribution is -2.46. The maximum atomic E-state index is 6.45. The average molecular weight is 368 g/mol. The van der Waals surface area contributed by atoms with E-state index in [1.165, 1.54) is 16.8 Å². The van der Waals surface area contributed by atoms with Crippen LogP contribution in [0.25, 0.3) is 0 Å². The molecule has 0 fully saturated rings. The zero-order valence-electron chi connectivity index (χ0n) is 17.9. The molecule has 0 atom stereocenters. The highest BCUT2D eigenvalue weighted by Crippen LogP contribution is 2.39. The maximum absolute atomic E-state index is 6.45. The van der Waals surface area contributed by atoms with Crippen LogP contribution in [0.2, 0.25) is 0 Å². The standard InChI is InChI=1S/C23H33N3O/c1-8-19(9-2)26-14-25(7)13-20-21(26)12-18(6)24-23(20)27-22-16(4)10-15(3)11-17(22)5/h10-12,19H,8-9,13-14H2,1-7H3. The van der Waals surface area contributed by atoms with Crippen molar-refractivity contribution in [3.63, 3.8) is 0 Å². The molecule has 0 bridgehead atoms. The number of hydrogen-bond acceptors (Lipinski definition) is 4. The summed E-state index contributed by atoms with van der Waals surface area (Å²) in [5.41, 5.74) is 7.06. The van der Waals surface area contributed by atoms with Gasteiger partial charge in [-0.05, 0) is 64.8 Å². The molecule has 27 heavy (non-hydrogen) atoms. The first-order valence-corrected chi connectivity index (χ1v) is 10.0. The van der Waals surface area contributed by atoms with Gasteiger partial charge in [0.25, 0.3) is 0 Å². The second-order valence-electron chi connectivity index (χ2n) is 7.99. The largest absolute Gasteiger partial charge is 0.438 e. The Morgan fingerprint density at radius 1 is 1.04 bits per heavy atom. The number of fused-ring (bicyclic) bond motifs is 1. The molecule has 146 valence electrons. The first kappa shape index (κ1) is 19.7. The smallest absolute Gasteiger partial charge is 0.226 e. The van der Waals surface area contributed by atoms with Gasteiger partial charge in [-0.2, -0.15) is 0 Å². The van der Waals surface area contributed by atoms with E-state index in [9.17, 15) is 0 Å². The van der Waals surface area contributed by atoms with E-state index in [4.69, 9.17) is 9.72 Å². The maximum Gasteiger partial charge on any atom is 0.226 e. The molecule has 4 nitrogen and oxygen atoms in total. The SMILES string of the molecule is CCC(CC)N1CN(C)Cc2c1cc(C)nc2Oc1c(C)cc(C)cc1C. The summed E-state index contributed by atoms with van der Waals surface area (Å²) >= 11 is 0. The summed E-state index contributed by atoms with van der Waals surface area (Å²) in [4.78, 5) is 9.66. The van der Waals surface area contributed by atoms with E-state index in [2.05, 4.69) is 76.6 Å². The average Bonchev–Trinajstić information content (AvgIpc) is 2.59. The number of anilines is 1. The van der Waals surface area contributed by atoms with Crippen LogP contribution in [-0.4, -0.2) is 29.6 Å². The summed E-state index contributed by atoms with van der Waals surface area (Å²) in [6.07, 6.45) is 2.27. The number of aryl methyl sites for hydroxylation is 4. The molecular weight excluding hydrogens is 334 g/mol. The molecule has 1 aliphatic rings. The molecule has 3 rings (SSSR count). The van der Waals surface area contributed by atoms with Crippen molar-refractivity contribution in [2.75, 3.05) is 18.6 Å². The minimum Gasteiger partial charge on any atom is -0.438 e. The number of ether oxygens (including phenoxy) is 1. The molecule has 2 aromatic rings. The van der Waals surface area contributed by atoms with Gasteiger partial charge in [-0.1, -0.05) is 31.5 Å². The van der Waals surface area contributed by atoms with Gasteiger partial charge in [0.2, 0.25) is 5.88 Å². The summed E-state index contributed by atoms with van der Waals surface area (Å²) in [5, 5.41) is 0. The lowest BCUT2D eigenvalue weighted by molar-refractivity contribution is 0.284. The van der Waals surface area contributed by atoms with Crippen molar-refractivity contribution in [2.45, 2.75) is 67.0 Å². The van der Waals surface area contributed by atoms with E-state index in [1.54, 1.807) is 0 Å². The molecule has 0 unspecified atom stereocenters. The molecule has 0 saturated heterocycles. The normalized spacial score (nSPS) is 14.6. The van der Waals surface area contributed by atoms with Gasteiger partial charge < -0.3 is 9.64 Å². The van der Waals surface area contributed by atoms with E-state index >= 15 is 0 Å². The first-order chi connectivity index (χ1) is 12.8. The van der Waals surface area contributed by atoms with E-state index in [1.807, 2.05) is 0 Å². The van der Waals surface area contributed by atoms with Crippen LogP contribution in [-0.2, 0) is 6.54 Å². The summed E-state index contributed by atoms with van der Waals surface area (Å²) < 4.78 is 6.45. The van der Waals surface area contributed by atoms with Gasteiger partial charge in [0.1, 0.15) is 5.75 Å². The Hall–Kier alpha value is -2.07. The van der Waals surface area contributed by atoms with Crippen LogP contribution in [0.3, 0.4) is 0 Å². The number of hydrogen-bond donors (Lipinski definition) is 0. The fourth-order valence-corrected chi connectivity index (χ4v) is 4.27. The Balaban J connectivity index is 2.08. The molecule has 0 N–H and O–H groups in total. The zero-order chi connectivity index (χ0) is 19.7. The Bertz CT molecular complexity index is 804. The topological polar surface area (TPSA) is 28.6 Å². The van der Waals surface area contributed by atoms with E-state index in [-0.39, 0.29) is 0 Å². The molecule has 0 radical (unpaired) electrons. The van der Waals surface area contributed by atoms with Crippen molar-refractivity contribution < 1.29 is 4.74 Å². The van der Waals surface area contributed by atoms with Crippen LogP contribution in [0, 0.1) is 27.7 Å². The zero-order valence-corrected chi connectivity index (χ0v) is 17.9. The highest BCUT2D eigenvalue weighted by atomic mass is 16.5. The van der Waals surface area contributed by atoms with E-state index < -0.39 is 0 Å². The third kappa shape index (κ3) is 3.96. The Labute approximate surface area is 164 Å². The van der Waals surface area contributed by atoms with Crippen LogP contribution in [0.15, 0.2) is 18.2 Å². The van der Waals surface area contributed by atoms with Crippen LogP contribution in [0.4, 0.5) is 5.69 Å². The third-order valence-corrected chi connectivity index (χ3v) is 5.51. The number of pyridine rings is 1. The Morgan fingerprint density at radius 2 is 1.67 bits per heavy atom. The van der Waals surface area contributed by atoms with Gasteiger partial charge in [-0.3, -0.25) is 4.90 Å². The molecule has 0 spiro atoms. The molecular formula is C23H33N3O. The second kappa shape index (κ2) is 7.89. The molecule has 1 aromatic heterocycles. The molecule has 1 aliphatic heterocycles. The third-order valence-electron chi connectivity index (χ3n) is 5.51. The molecule has 0 saturated carbocycles. The lowest BCUT2D eigenvalue weighted by atomic mass is 10.0. The van der Waals surface area contributed by atoms with Gasteiger partial charge in [0, 0.05) is 24.0 Å². The Kier molecular flexibility index (Phi) is 5.75. The van der Waals surface area contributed by atoms with Crippen molar-refractivity contribution in [3.05, 3.63) is 46.1 Å². The summed E-state index contributed by atoms with van der Waals surface area (Å²) in [6, 6.07) is 7.10. The predicted octanol–water partition coefficient (Wildman–Crippen LogP) is 5.51. The van der Waals surface area contributed by atoms with Gasteiger partial charge >= 0.3 is 0 Å². The fourth-order valence-electron chi connectivity index (χ4n) is 4.27. The molecule has 2 heterocycles. The number of benzene rings is 1. The first-order valence-electron chi connectivity index (χ1n) is 10.0. The fraction of sp³-hybridized carbons (Fsp3) is 0.522. The summed E-state index contributed by atoms with van der Waals surface area (Å²) in [7, 11) is 2.17. The van der Waals surface area contributed by atoms with Gasteiger partial charge in [-0.15, -0.1) is 0 Å². The number of nitrogens with zero attached hydrogens (tertiary/aromatic N) is 3. The van der Waals surface area contributed by atoms with E-state index in [0.717, 1.165) is 54.5 Å². The summed E-state index contributed by atoms with van der Waals surface area (Å²) in [6.45, 7) is 14.8. The van der Waals surface area contributed by atoms with Crippen LogP contribution in [0.1, 0.15) is 54.6 Å².